The summed E-state index contributed by atoms with van der Waals surface area (Å²) in [4.78, 5) is 35.5. The molecule has 25 heavy (non-hydrogen) atoms. The number of piperidine rings is 1. The molecule has 2 aromatic heterocycles. The number of nitrogens with zero attached hydrogens (tertiary/aromatic N) is 4. The number of aryl methyl sites for hydroxylation is 2. The minimum Gasteiger partial charge on any atom is -0.338 e. The number of anilines is 1. The van der Waals surface area contributed by atoms with Crippen LogP contribution in [0.15, 0.2) is 17.8 Å². The van der Waals surface area contributed by atoms with Gasteiger partial charge in [0.05, 0.1) is 5.69 Å². The summed E-state index contributed by atoms with van der Waals surface area (Å²) in [5, 5.41) is 4.96. The lowest BCUT2D eigenvalue weighted by Crippen LogP contribution is -2.50. The van der Waals surface area contributed by atoms with Crippen molar-refractivity contribution in [3.8, 4) is 0 Å². The number of imidazole rings is 1. The molecule has 8 heteroatoms. The highest BCUT2D eigenvalue weighted by Gasteiger charge is 2.46. The number of nitrogens with one attached hydrogen (secondary N) is 1. The lowest BCUT2D eigenvalue weighted by molar-refractivity contribution is -0.146. The number of carbonyl (C=O) groups excluding carboxylic acids is 2. The van der Waals surface area contributed by atoms with Crippen molar-refractivity contribution in [1.82, 2.24) is 19.4 Å². The number of fused-ring (bicyclic) bond motifs is 2. The smallest absolute Gasteiger partial charge is 0.315 e. The molecule has 2 aliphatic rings. The summed E-state index contributed by atoms with van der Waals surface area (Å²) in [5.41, 5.74) is 0.837. The van der Waals surface area contributed by atoms with E-state index in [1.807, 2.05) is 31.7 Å². The molecule has 2 aliphatic heterocycles. The van der Waals surface area contributed by atoms with Crippen LogP contribution >= 0.6 is 11.3 Å². The molecule has 1 N–H and O–H groups in total. The third-order valence-electron chi connectivity index (χ3n) is 5.22. The van der Waals surface area contributed by atoms with E-state index in [0.29, 0.717) is 11.0 Å². The van der Waals surface area contributed by atoms with Gasteiger partial charge in [0.15, 0.2) is 5.13 Å². The molecule has 0 aromatic carbocycles. The van der Waals surface area contributed by atoms with Gasteiger partial charge in [0.2, 0.25) is 0 Å². The van der Waals surface area contributed by atoms with Crippen molar-refractivity contribution in [2.45, 2.75) is 50.6 Å². The predicted molar refractivity (Wildman–Crippen MR) is 94.3 cm³/mol. The van der Waals surface area contributed by atoms with Crippen LogP contribution in [0.2, 0.25) is 0 Å². The van der Waals surface area contributed by atoms with Gasteiger partial charge in [-0.1, -0.05) is 0 Å². The van der Waals surface area contributed by atoms with Gasteiger partial charge >= 0.3 is 11.8 Å². The molecule has 4 heterocycles. The Morgan fingerprint density at radius 3 is 2.56 bits per heavy atom. The summed E-state index contributed by atoms with van der Waals surface area (Å²) in [5.74, 6) is 0.415. The maximum Gasteiger partial charge on any atom is 0.315 e. The van der Waals surface area contributed by atoms with Crippen LogP contribution in [0, 0.1) is 6.92 Å². The molecule has 2 bridgehead atoms. The Hall–Kier alpha value is -2.22. The summed E-state index contributed by atoms with van der Waals surface area (Å²) in [7, 11) is 2.01. The van der Waals surface area contributed by atoms with Crippen molar-refractivity contribution in [2.75, 3.05) is 5.32 Å². The largest absolute Gasteiger partial charge is 0.338 e. The zero-order valence-corrected chi connectivity index (χ0v) is 15.1. The van der Waals surface area contributed by atoms with Gasteiger partial charge in [0.25, 0.3) is 0 Å². The average molecular weight is 359 g/mol. The first kappa shape index (κ1) is 16.3. The van der Waals surface area contributed by atoms with Crippen molar-refractivity contribution >= 4 is 28.3 Å². The molecular formula is C17H21N5O2S. The molecule has 3 atom stereocenters. The fourth-order valence-electron chi connectivity index (χ4n) is 4.17. The highest BCUT2D eigenvalue weighted by Crippen LogP contribution is 2.42. The SMILES string of the molecule is Cc1csc(NC(=O)C(=O)N2[C@@H]3CC[C@H]2CC(c2nccn2C)C3)n1. The number of carbonyl (C=O) groups is 2. The molecule has 2 aromatic rings. The van der Waals surface area contributed by atoms with Gasteiger partial charge in [-0.3, -0.25) is 14.9 Å². The van der Waals surface area contributed by atoms with E-state index in [2.05, 4.69) is 19.9 Å². The van der Waals surface area contributed by atoms with Crippen molar-refractivity contribution < 1.29 is 9.59 Å². The van der Waals surface area contributed by atoms with E-state index in [4.69, 9.17) is 0 Å². The van der Waals surface area contributed by atoms with Gasteiger partial charge < -0.3 is 9.47 Å². The van der Waals surface area contributed by atoms with Gasteiger partial charge in [0.1, 0.15) is 5.82 Å². The van der Waals surface area contributed by atoms with E-state index in [9.17, 15) is 9.59 Å². The van der Waals surface area contributed by atoms with Crippen LogP contribution in [-0.2, 0) is 16.6 Å². The van der Waals surface area contributed by atoms with E-state index in [1.165, 1.54) is 11.3 Å². The van der Waals surface area contributed by atoms with Crippen molar-refractivity contribution in [2.24, 2.45) is 7.05 Å². The second-order valence-corrected chi connectivity index (χ2v) is 7.77. The number of aromatic nitrogens is 3. The van der Waals surface area contributed by atoms with Crippen LogP contribution < -0.4 is 5.32 Å². The standard InChI is InChI=1S/C17H21N5O2S/c1-10-9-25-17(19-10)20-15(23)16(24)22-12-3-4-13(22)8-11(7-12)14-18-5-6-21(14)2/h5-6,9,11-13H,3-4,7-8H2,1-2H3,(H,19,20,23)/t11?,12-,13+. The van der Waals surface area contributed by atoms with Gasteiger partial charge in [-0.2, -0.15) is 0 Å². The molecule has 0 spiro atoms. The molecule has 1 unspecified atom stereocenters. The molecule has 4 rings (SSSR count). The Morgan fingerprint density at radius 1 is 1.28 bits per heavy atom. The summed E-state index contributed by atoms with van der Waals surface area (Å²) >= 11 is 1.33. The second-order valence-electron chi connectivity index (χ2n) is 6.91. The predicted octanol–water partition coefficient (Wildman–Crippen LogP) is 2.06. The van der Waals surface area contributed by atoms with Gasteiger partial charge in [-0.05, 0) is 32.6 Å². The maximum absolute atomic E-state index is 12.7. The normalized spacial score (nSPS) is 25.2. The monoisotopic (exact) mass is 359 g/mol. The topological polar surface area (TPSA) is 80.1 Å². The maximum atomic E-state index is 12.7. The molecule has 2 amide bonds. The number of rotatable bonds is 2. The lowest BCUT2D eigenvalue weighted by atomic mass is 9.89. The highest BCUT2D eigenvalue weighted by molar-refractivity contribution is 7.14. The quantitative estimate of drug-likeness (QED) is 0.833. The molecule has 7 nitrogen and oxygen atoms in total. The van der Waals surface area contributed by atoms with E-state index < -0.39 is 11.8 Å². The summed E-state index contributed by atoms with van der Waals surface area (Å²) < 4.78 is 2.05. The Balaban J connectivity index is 1.46. The molecule has 2 saturated heterocycles. The fraction of sp³-hybridized carbons (Fsp3) is 0.529. The zero-order chi connectivity index (χ0) is 17.6. The minimum absolute atomic E-state index is 0.122. The summed E-state index contributed by atoms with van der Waals surface area (Å²) in [6.45, 7) is 1.86. The first-order valence-electron chi connectivity index (χ1n) is 8.56. The first-order valence-corrected chi connectivity index (χ1v) is 9.44. The van der Waals surface area contributed by atoms with Crippen molar-refractivity contribution in [1.29, 1.82) is 0 Å². The van der Waals surface area contributed by atoms with Crippen molar-refractivity contribution in [3.05, 3.63) is 29.3 Å². The van der Waals surface area contributed by atoms with E-state index in [0.717, 1.165) is 37.2 Å². The lowest BCUT2D eigenvalue weighted by Gasteiger charge is -2.38. The van der Waals surface area contributed by atoms with Crippen LogP contribution in [0.1, 0.15) is 43.1 Å². The van der Waals surface area contributed by atoms with Crippen molar-refractivity contribution in [3.63, 3.8) is 0 Å². The Bertz CT molecular complexity index is 800. The van der Waals surface area contributed by atoms with Gasteiger partial charge in [-0.15, -0.1) is 11.3 Å². The molecule has 132 valence electrons. The highest BCUT2D eigenvalue weighted by atomic mass is 32.1. The van der Waals surface area contributed by atoms with Gasteiger partial charge in [0, 0.05) is 42.8 Å². The number of hydrogen-bond donors (Lipinski definition) is 1. The van der Waals surface area contributed by atoms with Crippen LogP contribution in [-0.4, -0.2) is 43.3 Å². The van der Waals surface area contributed by atoms with E-state index >= 15 is 0 Å². The molecule has 0 radical (unpaired) electrons. The third kappa shape index (κ3) is 2.95. The third-order valence-corrected chi connectivity index (χ3v) is 6.10. The van der Waals surface area contributed by atoms with Crippen LogP contribution in [0.25, 0.3) is 0 Å². The fourth-order valence-corrected chi connectivity index (χ4v) is 4.85. The Labute approximate surface area is 150 Å². The molecule has 2 fully saturated rings. The van der Waals surface area contributed by atoms with Crippen LogP contribution in [0.5, 0.6) is 0 Å². The number of hydrogen-bond acceptors (Lipinski definition) is 5. The number of thiazole rings is 1. The number of amides is 2. The minimum atomic E-state index is -0.582. The Morgan fingerprint density at radius 2 is 2.00 bits per heavy atom. The van der Waals surface area contributed by atoms with E-state index in [1.54, 1.807) is 4.90 Å². The molecule has 0 aliphatic carbocycles. The molecular weight excluding hydrogens is 338 g/mol. The summed E-state index contributed by atoms with van der Waals surface area (Å²) in [6, 6.07) is 0.244. The Kier molecular flexibility index (Phi) is 4.07. The van der Waals surface area contributed by atoms with Gasteiger partial charge in [-0.25, -0.2) is 9.97 Å². The van der Waals surface area contributed by atoms with Crippen LogP contribution in [0.3, 0.4) is 0 Å². The zero-order valence-electron chi connectivity index (χ0n) is 14.3. The second kappa shape index (κ2) is 6.25. The molecule has 0 saturated carbocycles. The first-order chi connectivity index (χ1) is 12.0. The van der Waals surface area contributed by atoms with Crippen LogP contribution in [0.4, 0.5) is 5.13 Å². The average Bonchev–Trinajstić information content (AvgIpc) is 3.25. The van der Waals surface area contributed by atoms with E-state index in [-0.39, 0.29) is 12.1 Å². The summed E-state index contributed by atoms with van der Waals surface area (Å²) in [6.07, 6.45) is 7.44.